The summed E-state index contributed by atoms with van der Waals surface area (Å²) in [5.41, 5.74) is 6.19. The summed E-state index contributed by atoms with van der Waals surface area (Å²) in [6.45, 7) is 13.9. The maximum absolute atomic E-state index is 10.3. The molecular weight excluding hydrogens is 671 g/mol. The van der Waals surface area contributed by atoms with E-state index in [-0.39, 0.29) is 36.7 Å². The van der Waals surface area contributed by atoms with Crippen molar-refractivity contribution < 1.29 is 23.3 Å². The molecule has 6 N–H and O–H groups in total. The number of aliphatic hydroxyl groups excluding tert-OH is 2. The Kier molecular flexibility index (Phi) is 84.8. The molecule has 0 amide bonds. The van der Waals surface area contributed by atoms with Crippen molar-refractivity contribution in [1.82, 2.24) is 15.8 Å². The fraction of sp³-hybridized carbons (Fsp3) is 0.979. The van der Waals surface area contributed by atoms with Crippen LogP contribution < -0.4 is 10.9 Å². The average molecular weight is 784 g/mol. The van der Waals surface area contributed by atoms with Gasteiger partial charge in [0.2, 0.25) is 0 Å². The molecule has 0 radical (unpaired) electrons. The second-order valence-electron chi connectivity index (χ2n) is 14.8. The summed E-state index contributed by atoms with van der Waals surface area (Å²) in [6, 6.07) is 0. The zero-order chi connectivity index (χ0) is 37.4. The van der Waals surface area contributed by atoms with Crippen molar-refractivity contribution in [3.63, 3.8) is 0 Å². The molecule has 7 nitrogen and oxygen atoms in total. The number of carbonyl (C=O) groups is 1. The molecule has 0 aromatic heterocycles. The summed E-state index contributed by atoms with van der Waals surface area (Å²) in [6.07, 6.45) is 41.6. The van der Waals surface area contributed by atoms with Gasteiger partial charge in [0, 0.05) is 29.0 Å². The van der Waals surface area contributed by atoms with E-state index in [1.54, 1.807) is 0 Å². The highest BCUT2D eigenvalue weighted by Gasteiger charge is 2.05. The average Bonchev–Trinajstić information content (AvgIpc) is 3.12. The molecule has 0 aliphatic carbocycles. The lowest BCUT2D eigenvalue weighted by atomic mass is 10.0. The topological polar surface area (TPSA) is 116 Å². The third-order valence-electron chi connectivity index (χ3n) is 9.65. The lowest BCUT2D eigenvalue weighted by Gasteiger charge is -2.22. The number of rotatable bonds is 39. The Labute approximate surface area is 346 Å². The molecule has 0 heterocycles. The van der Waals surface area contributed by atoms with Gasteiger partial charge in [-0.3, -0.25) is 10.9 Å². The summed E-state index contributed by atoms with van der Waals surface area (Å²) >= 11 is 0. The maximum Gasteiger partial charge on any atom is 0.119 e. The highest BCUT2D eigenvalue weighted by Crippen LogP contribution is 2.14. The minimum Gasteiger partial charge on any atom is -0.412 e. The lowest BCUT2D eigenvalue weighted by Crippen LogP contribution is -2.38. The number of aliphatic hydroxyl groups is 2. The molecule has 340 valence electrons. The van der Waals surface area contributed by atoms with E-state index in [1.807, 2.05) is 7.05 Å². The van der Waals surface area contributed by atoms with Gasteiger partial charge >= 0.3 is 0 Å². The number of hydrogen-bond acceptors (Lipinski definition) is 6. The molecule has 0 aromatic rings. The minimum atomic E-state index is -0.0256. The number of carbonyl (C=O) groups excluding carboxylic acids is 1. The molecular formula is C47H113N3O4. The number of nitrogens with zero attached hydrogens (tertiary/aromatic N) is 1. The van der Waals surface area contributed by atoms with Crippen LogP contribution in [0.3, 0.4) is 0 Å². The van der Waals surface area contributed by atoms with Crippen LogP contribution in [0, 0.1) is 0 Å². The zero-order valence-corrected chi connectivity index (χ0v) is 35.6. The molecule has 0 fully saturated rings. The molecule has 0 unspecified atom stereocenters. The normalized spacial score (nSPS) is 10.2. The molecule has 0 spiro atoms. The van der Waals surface area contributed by atoms with Crippen LogP contribution in [0.4, 0.5) is 0 Å². The van der Waals surface area contributed by atoms with Crippen LogP contribution in [0.2, 0.25) is 0 Å². The molecule has 0 aliphatic rings. The summed E-state index contributed by atoms with van der Waals surface area (Å²) in [7, 11) is 1.92. The maximum atomic E-state index is 10.3. The van der Waals surface area contributed by atoms with E-state index in [0.29, 0.717) is 6.61 Å². The van der Waals surface area contributed by atoms with Crippen LogP contribution in [0.1, 0.15) is 258 Å². The zero-order valence-electron chi connectivity index (χ0n) is 35.6. The first kappa shape index (κ1) is 68.1. The highest BCUT2D eigenvalue weighted by molar-refractivity contribution is 5.48. The van der Waals surface area contributed by atoms with E-state index >= 15 is 0 Å². The number of unbranched alkanes of at least 4 members (excludes halogenated alkanes) is 25. The lowest BCUT2D eigenvalue weighted by molar-refractivity contribution is -0.107. The Morgan fingerprint density at radius 3 is 1.20 bits per heavy atom. The van der Waals surface area contributed by atoms with Gasteiger partial charge in [-0.05, 0) is 58.7 Å². The largest absolute Gasteiger partial charge is 0.412 e. The van der Waals surface area contributed by atoms with Crippen LogP contribution in [-0.2, 0) is 4.79 Å². The molecule has 0 atom stereocenters. The molecule has 0 saturated heterocycles. The molecule has 0 aromatic carbocycles. The van der Waals surface area contributed by atoms with Gasteiger partial charge < -0.3 is 25.4 Å². The number of hydrogen-bond donors (Lipinski definition) is 4. The molecule has 0 saturated carbocycles. The summed E-state index contributed by atoms with van der Waals surface area (Å²) in [5.74, 6) is 0. The third kappa shape index (κ3) is 69.3. The van der Waals surface area contributed by atoms with Gasteiger partial charge in [-0.15, -0.1) is 0 Å². The number of nitrogens with one attached hydrogen (secondary N) is 2. The van der Waals surface area contributed by atoms with Gasteiger partial charge in [0.25, 0.3) is 0 Å². The number of aldehydes is 1. The summed E-state index contributed by atoms with van der Waals surface area (Å²) in [4.78, 5) is 12.9. The molecule has 7 heteroatoms. The first-order valence-electron chi connectivity index (χ1n) is 22.4. The van der Waals surface area contributed by atoms with E-state index in [1.165, 1.54) is 186 Å². The minimum absolute atomic E-state index is 0. The standard InChI is InChI=1S/C19H41N3O.C17H36O.C8H18O.3CH4.H2O.2H2/c1-3-4-5-6-7-9-12-16-22(18-15-21-20-2)17-13-10-8-11-14-19-23;1-3-5-7-9-11-13-15-17(18)16-14-12-10-8-6-4-2;1-2-3-4-5-6-7-8-9;;;;;;/h19-21H,3-18H2,1-2H3;17-18H,3-16H2,1-2H3;9H,2-8H2,1H3;3*1H4;1H2;2*1H. The van der Waals surface area contributed by atoms with Gasteiger partial charge in [-0.25, -0.2) is 0 Å². The second kappa shape index (κ2) is 67.2. The van der Waals surface area contributed by atoms with Crippen LogP contribution in [0.5, 0.6) is 0 Å². The van der Waals surface area contributed by atoms with Crippen LogP contribution in [-0.4, -0.2) is 72.8 Å². The molecule has 0 bridgehead atoms. The summed E-state index contributed by atoms with van der Waals surface area (Å²) in [5, 5.41) is 18.3. The Morgan fingerprint density at radius 2 is 0.852 bits per heavy atom. The predicted molar refractivity (Wildman–Crippen MR) is 251 cm³/mol. The van der Waals surface area contributed by atoms with Crippen molar-refractivity contribution in [2.45, 2.75) is 262 Å². The van der Waals surface area contributed by atoms with Crippen molar-refractivity contribution in [2.24, 2.45) is 0 Å². The van der Waals surface area contributed by atoms with Crippen molar-refractivity contribution in [2.75, 3.05) is 39.8 Å². The van der Waals surface area contributed by atoms with Crippen LogP contribution in [0.25, 0.3) is 0 Å². The van der Waals surface area contributed by atoms with Gasteiger partial charge in [0.1, 0.15) is 6.29 Å². The van der Waals surface area contributed by atoms with Gasteiger partial charge in [0.05, 0.1) is 6.10 Å². The molecule has 0 rings (SSSR count). The van der Waals surface area contributed by atoms with Crippen molar-refractivity contribution in [1.29, 1.82) is 0 Å². The highest BCUT2D eigenvalue weighted by atomic mass is 16.3. The monoisotopic (exact) mass is 784 g/mol. The van der Waals surface area contributed by atoms with Gasteiger partial charge in [-0.1, -0.05) is 210 Å². The Bertz CT molecular complexity index is 562. The van der Waals surface area contributed by atoms with Crippen molar-refractivity contribution >= 4 is 6.29 Å². The molecule has 0 aliphatic heterocycles. The molecule has 54 heavy (non-hydrogen) atoms. The fourth-order valence-electron chi connectivity index (χ4n) is 6.24. The van der Waals surface area contributed by atoms with Gasteiger partial charge in [-0.2, -0.15) is 0 Å². The Morgan fingerprint density at radius 1 is 0.519 bits per heavy atom. The van der Waals surface area contributed by atoms with E-state index < -0.39 is 0 Å². The Hall–Kier alpha value is -0.570. The van der Waals surface area contributed by atoms with Crippen LogP contribution in [0.15, 0.2) is 0 Å². The predicted octanol–water partition coefficient (Wildman–Crippen LogP) is 13.7. The fourth-order valence-corrected chi connectivity index (χ4v) is 6.24. The van der Waals surface area contributed by atoms with E-state index in [4.69, 9.17) is 5.11 Å². The van der Waals surface area contributed by atoms with Crippen molar-refractivity contribution in [3.05, 3.63) is 0 Å². The van der Waals surface area contributed by atoms with E-state index in [9.17, 15) is 9.90 Å². The first-order valence-corrected chi connectivity index (χ1v) is 22.4. The van der Waals surface area contributed by atoms with Crippen LogP contribution >= 0.6 is 0 Å². The second-order valence-corrected chi connectivity index (χ2v) is 14.8. The SMILES string of the molecule is C.C.C.CCCCCCCCC(O)CCCCCCCC.CCCCCCCCCN(CCCCCCC=O)CCNNC.CCCCCCCCO.O.[HH].[HH]. The summed E-state index contributed by atoms with van der Waals surface area (Å²) < 4.78 is 0. The Balaban J connectivity index is -0.0000000862. The van der Waals surface area contributed by atoms with E-state index in [2.05, 4.69) is 43.4 Å². The number of hydrazine groups is 1. The van der Waals surface area contributed by atoms with E-state index in [0.717, 1.165) is 51.5 Å². The van der Waals surface area contributed by atoms with Gasteiger partial charge in [0.15, 0.2) is 0 Å². The smallest absolute Gasteiger partial charge is 0.119 e. The quantitative estimate of drug-likeness (QED) is 0.0280. The third-order valence-corrected chi connectivity index (χ3v) is 9.65. The van der Waals surface area contributed by atoms with Crippen molar-refractivity contribution in [3.8, 4) is 0 Å². The first-order chi connectivity index (χ1) is 24.6.